The van der Waals surface area contributed by atoms with E-state index in [4.69, 9.17) is 4.74 Å². The fourth-order valence-corrected chi connectivity index (χ4v) is 5.67. The van der Waals surface area contributed by atoms with Crippen molar-refractivity contribution in [2.24, 2.45) is 5.92 Å². The maximum Gasteiger partial charge on any atom is 0.316 e. The number of benzene rings is 2. The van der Waals surface area contributed by atoms with Crippen LogP contribution in [0.25, 0.3) is 5.57 Å². The summed E-state index contributed by atoms with van der Waals surface area (Å²) in [6, 6.07) is 9.37. The summed E-state index contributed by atoms with van der Waals surface area (Å²) in [5, 5.41) is 0. The smallest absolute Gasteiger partial charge is 0.316 e. The number of rotatable bonds is 8. The number of esters is 1. The van der Waals surface area contributed by atoms with Gasteiger partial charge in [0.05, 0.1) is 6.61 Å². The molecule has 0 N–H and O–H groups in total. The number of halogens is 3. The van der Waals surface area contributed by atoms with Crippen molar-refractivity contribution in [2.75, 3.05) is 12.9 Å². The van der Waals surface area contributed by atoms with E-state index in [0.717, 1.165) is 12.3 Å². The van der Waals surface area contributed by atoms with Crippen molar-refractivity contribution in [2.45, 2.75) is 37.4 Å². The van der Waals surface area contributed by atoms with Crippen LogP contribution < -0.4 is 0 Å². The number of ketones is 1. The van der Waals surface area contributed by atoms with Gasteiger partial charge in [-0.1, -0.05) is 36.4 Å². The molecule has 0 amide bonds. The zero-order valence-electron chi connectivity index (χ0n) is 18.8. The Morgan fingerprint density at radius 1 is 1.06 bits per heavy atom. The quantitative estimate of drug-likeness (QED) is 0.400. The molecular formula is C25H25F3O5S. The predicted molar refractivity (Wildman–Crippen MR) is 121 cm³/mol. The Morgan fingerprint density at radius 2 is 1.74 bits per heavy atom. The molecule has 0 aromatic heterocycles. The Kier molecular flexibility index (Phi) is 7.65. The fourth-order valence-electron chi connectivity index (χ4n) is 4.31. The lowest BCUT2D eigenvalue weighted by atomic mass is 9.78. The third-order valence-electron chi connectivity index (χ3n) is 6.20. The van der Waals surface area contributed by atoms with Crippen molar-refractivity contribution >= 4 is 27.2 Å². The SMILES string of the molecule is CCOC(=O)C(Cc1cccc(F)c1F)C(=O)C1(S(C)(=O)=O)CC=C(c2ccccc2F)CC1. The van der Waals surface area contributed by atoms with Gasteiger partial charge in [0.1, 0.15) is 16.5 Å². The van der Waals surface area contributed by atoms with Crippen LogP contribution in [0.1, 0.15) is 37.3 Å². The van der Waals surface area contributed by atoms with E-state index in [2.05, 4.69) is 0 Å². The largest absolute Gasteiger partial charge is 0.465 e. The van der Waals surface area contributed by atoms with Gasteiger partial charge < -0.3 is 4.74 Å². The van der Waals surface area contributed by atoms with E-state index < -0.39 is 56.1 Å². The number of carbonyl (C=O) groups excluding carboxylic acids is 2. The number of Topliss-reactive ketones (excluding diaryl/α,β-unsaturated/α-hetero) is 1. The maximum atomic E-state index is 14.3. The standard InChI is InChI=1S/C25H25F3O5S/c1-3-33-24(30)19(15-17-7-6-10-21(27)22(17)28)23(29)25(34(2,31)32)13-11-16(12-14-25)18-8-4-5-9-20(18)26/h4-11,19H,3,12-15H2,1-2H3. The Morgan fingerprint density at radius 3 is 2.32 bits per heavy atom. The number of sulfone groups is 1. The van der Waals surface area contributed by atoms with E-state index in [1.807, 2.05) is 0 Å². The Balaban J connectivity index is 2.03. The molecule has 3 rings (SSSR count). The average molecular weight is 495 g/mol. The van der Waals surface area contributed by atoms with Gasteiger partial charge in [-0.25, -0.2) is 21.6 Å². The first-order valence-corrected chi connectivity index (χ1v) is 12.7. The molecule has 0 saturated carbocycles. The second kappa shape index (κ2) is 10.1. The van der Waals surface area contributed by atoms with Gasteiger partial charge in [0, 0.05) is 11.8 Å². The van der Waals surface area contributed by atoms with E-state index in [9.17, 15) is 31.2 Å². The molecule has 182 valence electrons. The molecule has 2 aromatic carbocycles. The average Bonchev–Trinajstić information content (AvgIpc) is 2.79. The summed E-state index contributed by atoms with van der Waals surface area (Å²) in [6.07, 6.45) is 1.44. The molecular weight excluding hydrogens is 469 g/mol. The number of ether oxygens (including phenoxy) is 1. The highest BCUT2D eigenvalue weighted by molar-refractivity contribution is 7.92. The maximum absolute atomic E-state index is 14.3. The van der Waals surface area contributed by atoms with E-state index in [0.29, 0.717) is 11.1 Å². The van der Waals surface area contributed by atoms with Crippen LogP contribution in [0.4, 0.5) is 13.2 Å². The van der Waals surface area contributed by atoms with Crippen LogP contribution in [0.2, 0.25) is 0 Å². The monoisotopic (exact) mass is 494 g/mol. The third-order valence-corrected chi connectivity index (χ3v) is 8.19. The van der Waals surface area contributed by atoms with Crippen LogP contribution in [0.5, 0.6) is 0 Å². The van der Waals surface area contributed by atoms with Gasteiger partial charge in [0.2, 0.25) is 0 Å². The van der Waals surface area contributed by atoms with Crippen LogP contribution in [-0.2, 0) is 30.6 Å². The summed E-state index contributed by atoms with van der Waals surface area (Å²) in [5.74, 6) is -6.46. The normalized spacial score (nSPS) is 19.3. The van der Waals surface area contributed by atoms with Crippen molar-refractivity contribution in [3.05, 3.63) is 77.1 Å². The summed E-state index contributed by atoms with van der Waals surface area (Å²) in [6.45, 7) is 1.43. The highest BCUT2D eigenvalue weighted by Crippen LogP contribution is 2.41. The van der Waals surface area contributed by atoms with Gasteiger partial charge >= 0.3 is 5.97 Å². The molecule has 2 unspecified atom stereocenters. The third kappa shape index (κ3) is 4.94. The second-order valence-electron chi connectivity index (χ2n) is 8.27. The fraction of sp³-hybridized carbons (Fsp3) is 0.360. The van der Waals surface area contributed by atoms with Crippen LogP contribution in [0, 0.1) is 23.4 Å². The minimum Gasteiger partial charge on any atom is -0.465 e. The first-order valence-electron chi connectivity index (χ1n) is 10.8. The topological polar surface area (TPSA) is 77.5 Å². The first-order chi connectivity index (χ1) is 16.0. The minimum absolute atomic E-state index is 0.0730. The number of allylic oxidation sites excluding steroid dienone is 2. The number of carbonyl (C=O) groups is 2. The molecule has 0 spiro atoms. The molecule has 0 heterocycles. The molecule has 2 atom stereocenters. The van der Waals surface area contributed by atoms with Gasteiger partial charge in [-0.05, 0) is 55.9 Å². The lowest BCUT2D eigenvalue weighted by Crippen LogP contribution is -2.52. The molecule has 1 aliphatic rings. The summed E-state index contributed by atoms with van der Waals surface area (Å²) < 4.78 is 71.1. The van der Waals surface area contributed by atoms with Crippen molar-refractivity contribution in [1.82, 2.24) is 0 Å². The highest BCUT2D eigenvalue weighted by Gasteiger charge is 2.52. The number of hydrogen-bond donors (Lipinski definition) is 0. The van der Waals surface area contributed by atoms with Crippen molar-refractivity contribution in [3.8, 4) is 0 Å². The van der Waals surface area contributed by atoms with Crippen molar-refractivity contribution in [3.63, 3.8) is 0 Å². The number of hydrogen-bond acceptors (Lipinski definition) is 5. The Bertz CT molecular complexity index is 1240. The molecule has 9 heteroatoms. The minimum atomic E-state index is -4.07. The van der Waals surface area contributed by atoms with Crippen LogP contribution >= 0.6 is 0 Å². The van der Waals surface area contributed by atoms with E-state index in [-0.39, 0.29) is 31.4 Å². The zero-order chi connectivity index (χ0) is 25.1. The molecule has 0 fully saturated rings. The van der Waals surface area contributed by atoms with Crippen LogP contribution in [0.15, 0.2) is 48.5 Å². The van der Waals surface area contributed by atoms with Gasteiger partial charge in [-0.2, -0.15) is 0 Å². The van der Waals surface area contributed by atoms with Gasteiger partial charge in [-0.15, -0.1) is 0 Å². The lowest BCUT2D eigenvalue weighted by Gasteiger charge is -2.35. The summed E-state index contributed by atoms with van der Waals surface area (Å²) in [7, 11) is -4.07. The Hall–Kier alpha value is -2.94. The molecule has 0 radical (unpaired) electrons. The predicted octanol–water partition coefficient (Wildman–Crippen LogP) is 4.45. The molecule has 1 aliphatic carbocycles. The summed E-state index contributed by atoms with van der Waals surface area (Å²) in [5.41, 5.74) is 0.614. The molecule has 5 nitrogen and oxygen atoms in total. The molecule has 0 saturated heterocycles. The Labute approximate surface area is 196 Å². The van der Waals surface area contributed by atoms with E-state index in [1.54, 1.807) is 12.1 Å². The van der Waals surface area contributed by atoms with E-state index >= 15 is 0 Å². The van der Waals surface area contributed by atoms with Crippen LogP contribution in [-0.4, -0.2) is 37.8 Å². The van der Waals surface area contributed by atoms with E-state index in [1.165, 1.54) is 37.3 Å². The second-order valence-corrected chi connectivity index (χ2v) is 10.6. The van der Waals surface area contributed by atoms with Gasteiger partial charge in [0.25, 0.3) is 0 Å². The van der Waals surface area contributed by atoms with Crippen molar-refractivity contribution < 1.29 is 35.9 Å². The lowest BCUT2D eigenvalue weighted by molar-refractivity contribution is -0.152. The van der Waals surface area contributed by atoms with Gasteiger partial charge in [-0.3, -0.25) is 9.59 Å². The molecule has 0 bridgehead atoms. The first kappa shape index (κ1) is 25.7. The highest BCUT2D eigenvalue weighted by atomic mass is 32.2. The zero-order valence-corrected chi connectivity index (χ0v) is 19.6. The molecule has 34 heavy (non-hydrogen) atoms. The molecule has 0 aliphatic heterocycles. The molecule has 2 aromatic rings. The summed E-state index contributed by atoms with van der Waals surface area (Å²) in [4.78, 5) is 26.4. The van der Waals surface area contributed by atoms with Gasteiger partial charge in [0.15, 0.2) is 27.3 Å². The summed E-state index contributed by atoms with van der Waals surface area (Å²) >= 11 is 0. The van der Waals surface area contributed by atoms with Crippen molar-refractivity contribution in [1.29, 1.82) is 0 Å². The van der Waals surface area contributed by atoms with Crippen LogP contribution in [0.3, 0.4) is 0 Å².